The molecule has 0 spiro atoms. The number of aliphatic hydroxyl groups is 1. The van der Waals surface area contributed by atoms with Crippen LogP contribution >= 0.6 is 0 Å². The monoisotopic (exact) mass is 369 g/mol. The molecule has 0 aromatic carbocycles. The number of carboxylic acids is 1. The molecule has 2 N–H and O–H groups in total. The van der Waals surface area contributed by atoms with E-state index in [4.69, 9.17) is 5.11 Å². The van der Waals surface area contributed by atoms with Crippen LogP contribution in [0.25, 0.3) is 0 Å². The molecule has 1 aliphatic rings. The first kappa shape index (κ1) is 22.6. The summed E-state index contributed by atoms with van der Waals surface area (Å²) in [5.74, 6) is -0.914. The van der Waals surface area contributed by atoms with Gasteiger partial charge in [0.05, 0.1) is 18.6 Å². The summed E-state index contributed by atoms with van der Waals surface area (Å²) >= 11 is 0. The van der Waals surface area contributed by atoms with Gasteiger partial charge in [0.15, 0.2) is 5.78 Å². The molecule has 1 rings (SSSR count). The molecule has 0 aromatic heterocycles. The molecule has 2 unspecified atom stereocenters. The highest BCUT2D eigenvalue weighted by atomic mass is 16.4. The lowest BCUT2D eigenvalue weighted by Gasteiger charge is -2.25. The second-order valence-electron chi connectivity index (χ2n) is 7.38. The van der Waals surface area contributed by atoms with Crippen LogP contribution < -0.4 is 0 Å². The van der Waals surface area contributed by atoms with Gasteiger partial charge in [-0.1, -0.05) is 51.9 Å². The van der Waals surface area contributed by atoms with Crippen molar-refractivity contribution in [1.82, 2.24) is 4.90 Å². The van der Waals surface area contributed by atoms with Gasteiger partial charge < -0.3 is 15.1 Å². The average Bonchev–Trinajstić information content (AvgIpc) is 2.85. The summed E-state index contributed by atoms with van der Waals surface area (Å²) < 4.78 is 0. The summed E-state index contributed by atoms with van der Waals surface area (Å²) in [7, 11) is 0. The maximum Gasteiger partial charge on any atom is 0.303 e. The van der Waals surface area contributed by atoms with Crippen LogP contribution in [0.5, 0.6) is 0 Å². The lowest BCUT2D eigenvalue weighted by Crippen LogP contribution is -2.37. The van der Waals surface area contributed by atoms with E-state index in [9.17, 15) is 19.5 Å². The first-order valence-electron chi connectivity index (χ1n) is 10.2. The Morgan fingerprint density at radius 2 is 1.77 bits per heavy atom. The van der Waals surface area contributed by atoms with Crippen molar-refractivity contribution in [2.45, 2.75) is 103 Å². The van der Waals surface area contributed by atoms with Gasteiger partial charge in [-0.3, -0.25) is 14.4 Å². The van der Waals surface area contributed by atoms with Gasteiger partial charge in [-0.15, -0.1) is 0 Å². The molecule has 2 atom stereocenters. The van der Waals surface area contributed by atoms with E-state index in [0.29, 0.717) is 25.8 Å². The molecule has 6 heteroatoms. The van der Waals surface area contributed by atoms with Crippen LogP contribution in [0.1, 0.15) is 90.4 Å². The van der Waals surface area contributed by atoms with Gasteiger partial charge in [-0.25, -0.2) is 0 Å². The van der Waals surface area contributed by atoms with E-state index < -0.39 is 12.1 Å². The largest absolute Gasteiger partial charge is 0.481 e. The predicted molar refractivity (Wildman–Crippen MR) is 99.8 cm³/mol. The number of hydrogen-bond donors (Lipinski definition) is 2. The van der Waals surface area contributed by atoms with Crippen LogP contribution in [0, 0.1) is 0 Å². The van der Waals surface area contributed by atoms with Gasteiger partial charge in [-0.05, 0) is 25.7 Å². The molecular weight excluding hydrogens is 334 g/mol. The number of rotatable bonds is 15. The second kappa shape index (κ2) is 12.8. The summed E-state index contributed by atoms with van der Waals surface area (Å²) in [6, 6.07) is -0.353. The number of aliphatic hydroxyl groups excluding tert-OH is 1. The SMILES string of the molecule is CCCCCCC(O)CCN1C(=O)CC(=O)C1CCCCCCC(=O)O. The van der Waals surface area contributed by atoms with Gasteiger partial charge in [-0.2, -0.15) is 0 Å². The molecule has 1 fully saturated rings. The summed E-state index contributed by atoms with van der Waals surface area (Å²) in [5, 5.41) is 18.7. The third kappa shape index (κ3) is 8.79. The summed E-state index contributed by atoms with van der Waals surface area (Å²) in [6.45, 7) is 2.60. The Kier molecular flexibility index (Phi) is 11.2. The van der Waals surface area contributed by atoms with Gasteiger partial charge in [0.1, 0.15) is 0 Å². The molecule has 1 saturated heterocycles. The second-order valence-corrected chi connectivity index (χ2v) is 7.38. The number of aliphatic carboxylic acids is 1. The van der Waals surface area contributed by atoms with Crippen LogP contribution in [0.3, 0.4) is 0 Å². The fourth-order valence-electron chi connectivity index (χ4n) is 3.52. The average molecular weight is 370 g/mol. The van der Waals surface area contributed by atoms with Crippen LogP contribution in [-0.2, 0) is 14.4 Å². The Bertz CT molecular complexity index is 451. The van der Waals surface area contributed by atoms with E-state index in [2.05, 4.69) is 6.92 Å². The minimum Gasteiger partial charge on any atom is -0.481 e. The maximum atomic E-state index is 12.1. The molecule has 6 nitrogen and oxygen atoms in total. The number of ketones is 1. The van der Waals surface area contributed by atoms with Gasteiger partial charge >= 0.3 is 5.97 Å². The molecule has 1 amide bonds. The number of hydrogen-bond acceptors (Lipinski definition) is 4. The number of nitrogens with zero attached hydrogens (tertiary/aromatic N) is 1. The van der Waals surface area contributed by atoms with Crippen molar-refractivity contribution >= 4 is 17.7 Å². The lowest BCUT2D eigenvalue weighted by atomic mass is 10.0. The highest BCUT2D eigenvalue weighted by Gasteiger charge is 2.37. The molecule has 0 aliphatic carbocycles. The quantitative estimate of drug-likeness (QED) is 0.341. The molecule has 26 heavy (non-hydrogen) atoms. The zero-order valence-corrected chi connectivity index (χ0v) is 16.1. The first-order valence-corrected chi connectivity index (χ1v) is 10.2. The summed E-state index contributed by atoms with van der Waals surface area (Å²) in [6.07, 6.45) is 9.33. The van der Waals surface area contributed by atoms with Crippen molar-refractivity contribution < 1.29 is 24.6 Å². The number of amides is 1. The van der Waals surface area contributed by atoms with E-state index in [1.165, 1.54) is 12.8 Å². The number of unbranched alkanes of at least 4 members (excludes halogenated alkanes) is 6. The number of carbonyl (C=O) groups is 3. The Morgan fingerprint density at radius 3 is 2.46 bits per heavy atom. The molecule has 0 bridgehead atoms. The molecule has 150 valence electrons. The molecule has 0 aromatic rings. The number of Topliss-reactive ketones (excluding diaryl/α,β-unsaturated/α-hetero) is 1. The number of likely N-dealkylation sites (tertiary alicyclic amines) is 1. The van der Waals surface area contributed by atoms with Crippen molar-refractivity contribution in [3.63, 3.8) is 0 Å². The normalized spacial score (nSPS) is 18.5. The van der Waals surface area contributed by atoms with E-state index in [-0.39, 0.29) is 30.6 Å². The van der Waals surface area contributed by atoms with Crippen molar-refractivity contribution in [1.29, 1.82) is 0 Å². The molecular formula is C20H35NO5. The minimum atomic E-state index is -0.777. The van der Waals surface area contributed by atoms with Gasteiger partial charge in [0, 0.05) is 13.0 Å². The Labute approximate surface area is 157 Å². The molecule has 1 aliphatic heterocycles. The van der Waals surface area contributed by atoms with Gasteiger partial charge in [0.2, 0.25) is 5.91 Å². The Morgan fingerprint density at radius 1 is 1.08 bits per heavy atom. The standard InChI is InChI=1S/C20H35NO5/c1-2-3-4-7-10-16(22)13-14-21-17(18(23)15-19(21)24)11-8-5-6-9-12-20(25)26/h16-17,22H,2-15H2,1H3,(H,25,26). The molecule has 0 radical (unpaired) electrons. The van der Waals surface area contributed by atoms with Crippen molar-refractivity contribution in [3.05, 3.63) is 0 Å². The third-order valence-corrected chi connectivity index (χ3v) is 5.11. The van der Waals surface area contributed by atoms with Crippen LogP contribution in [0.15, 0.2) is 0 Å². The summed E-state index contributed by atoms with van der Waals surface area (Å²) in [4.78, 5) is 36.3. The van der Waals surface area contributed by atoms with Crippen LogP contribution in [0.4, 0.5) is 0 Å². The van der Waals surface area contributed by atoms with Gasteiger partial charge in [0.25, 0.3) is 0 Å². The van der Waals surface area contributed by atoms with Crippen LogP contribution in [0.2, 0.25) is 0 Å². The zero-order valence-electron chi connectivity index (χ0n) is 16.1. The van der Waals surface area contributed by atoms with E-state index in [0.717, 1.165) is 38.5 Å². The van der Waals surface area contributed by atoms with Crippen molar-refractivity contribution in [2.75, 3.05) is 6.54 Å². The Hall–Kier alpha value is -1.43. The molecule has 1 heterocycles. The number of carbonyl (C=O) groups excluding carboxylic acids is 2. The first-order chi connectivity index (χ1) is 12.5. The fourth-order valence-corrected chi connectivity index (χ4v) is 3.52. The van der Waals surface area contributed by atoms with Crippen molar-refractivity contribution in [2.24, 2.45) is 0 Å². The zero-order chi connectivity index (χ0) is 19.4. The summed E-state index contributed by atoms with van der Waals surface area (Å²) in [5.41, 5.74) is 0. The third-order valence-electron chi connectivity index (χ3n) is 5.11. The van der Waals surface area contributed by atoms with E-state index >= 15 is 0 Å². The van der Waals surface area contributed by atoms with E-state index in [1.807, 2.05) is 0 Å². The predicted octanol–water partition coefficient (Wildman–Crippen LogP) is 3.30. The Balaban J connectivity index is 2.29. The molecule has 0 saturated carbocycles. The highest BCUT2D eigenvalue weighted by Crippen LogP contribution is 2.22. The fraction of sp³-hybridized carbons (Fsp3) is 0.850. The van der Waals surface area contributed by atoms with Crippen molar-refractivity contribution in [3.8, 4) is 0 Å². The smallest absolute Gasteiger partial charge is 0.303 e. The minimum absolute atomic E-state index is 0.0158. The lowest BCUT2D eigenvalue weighted by molar-refractivity contribution is -0.137. The number of carboxylic acid groups (broad SMARTS) is 1. The maximum absolute atomic E-state index is 12.1. The topological polar surface area (TPSA) is 94.9 Å². The van der Waals surface area contributed by atoms with E-state index in [1.54, 1.807) is 4.90 Å². The van der Waals surface area contributed by atoms with Crippen LogP contribution in [-0.4, -0.2) is 51.5 Å². The highest BCUT2D eigenvalue weighted by molar-refractivity contribution is 6.07.